The molecule has 0 bridgehead atoms. The van der Waals surface area contributed by atoms with Gasteiger partial charge in [0.05, 0.1) is 4.90 Å². The first-order chi connectivity index (χ1) is 6.99. The minimum atomic E-state index is -3.11. The Hall–Kier alpha value is -0.910. The molecule has 15 heavy (non-hydrogen) atoms. The molecule has 0 heterocycles. The second-order valence-corrected chi connectivity index (χ2v) is 5.43. The van der Waals surface area contributed by atoms with Crippen LogP contribution in [0.3, 0.4) is 0 Å². The SMILES string of the molecule is CNC(CN)c1ccc(S(C)(=O)=O)cc1. The molecule has 1 unspecified atom stereocenters. The van der Waals surface area contributed by atoms with Crippen LogP contribution in [0.4, 0.5) is 0 Å². The maximum absolute atomic E-state index is 11.2. The zero-order valence-corrected chi connectivity index (χ0v) is 9.71. The zero-order chi connectivity index (χ0) is 11.5. The van der Waals surface area contributed by atoms with Gasteiger partial charge in [-0.1, -0.05) is 12.1 Å². The van der Waals surface area contributed by atoms with Gasteiger partial charge in [0.15, 0.2) is 9.84 Å². The molecule has 0 aliphatic rings. The fourth-order valence-electron chi connectivity index (χ4n) is 1.37. The number of benzene rings is 1. The molecular formula is C10H16N2O2S. The lowest BCUT2D eigenvalue weighted by Gasteiger charge is -2.14. The van der Waals surface area contributed by atoms with Crippen LogP contribution in [0.5, 0.6) is 0 Å². The molecule has 0 fully saturated rings. The summed E-state index contributed by atoms with van der Waals surface area (Å²) in [6.07, 6.45) is 1.19. The van der Waals surface area contributed by atoms with Crippen molar-refractivity contribution in [3.63, 3.8) is 0 Å². The summed E-state index contributed by atoms with van der Waals surface area (Å²) in [5.41, 5.74) is 6.55. The quantitative estimate of drug-likeness (QED) is 0.778. The van der Waals surface area contributed by atoms with Crippen LogP contribution in [0, 0.1) is 0 Å². The molecule has 1 atom stereocenters. The number of nitrogens with two attached hydrogens (primary N) is 1. The summed E-state index contributed by atoms with van der Waals surface area (Å²) in [4.78, 5) is 0.332. The molecule has 4 nitrogen and oxygen atoms in total. The highest BCUT2D eigenvalue weighted by atomic mass is 32.2. The molecule has 0 aromatic heterocycles. The van der Waals surface area contributed by atoms with E-state index in [1.807, 2.05) is 7.05 Å². The van der Waals surface area contributed by atoms with Crippen LogP contribution in [0.25, 0.3) is 0 Å². The lowest BCUT2D eigenvalue weighted by Crippen LogP contribution is -2.24. The van der Waals surface area contributed by atoms with Crippen molar-refractivity contribution >= 4 is 9.84 Å². The molecule has 0 radical (unpaired) electrons. The highest BCUT2D eigenvalue weighted by Gasteiger charge is 2.09. The molecule has 0 saturated heterocycles. The Balaban J connectivity index is 3.00. The van der Waals surface area contributed by atoms with Gasteiger partial charge in [0, 0.05) is 18.8 Å². The number of hydrogen-bond acceptors (Lipinski definition) is 4. The molecule has 0 aliphatic heterocycles. The average Bonchev–Trinajstić information content (AvgIpc) is 2.19. The lowest BCUT2D eigenvalue weighted by atomic mass is 10.1. The van der Waals surface area contributed by atoms with Crippen LogP contribution in [0.15, 0.2) is 29.2 Å². The summed E-state index contributed by atoms with van der Waals surface area (Å²) >= 11 is 0. The average molecular weight is 228 g/mol. The topological polar surface area (TPSA) is 72.2 Å². The number of rotatable bonds is 4. The van der Waals surface area contributed by atoms with E-state index in [2.05, 4.69) is 5.32 Å². The summed E-state index contributed by atoms with van der Waals surface area (Å²) in [7, 11) is -1.29. The molecule has 1 rings (SSSR count). The number of likely N-dealkylation sites (N-methyl/N-ethyl adjacent to an activating group) is 1. The summed E-state index contributed by atoms with van der Waals surface area (Å²) in [5.74, 6) is 0. The van der Waals surface area contributed by atoms with E-state index in [0.29, 0.717) is 11.4 Å². The predicted molar refractivity (Wildman–Crippen MR) is 60.4 cm³/mol. The maximum atomic E-state index is 11.2. The minimum Gasteiger partial charge on any atom is -0.329 e. The third-order valence-electron chi connectivity index (χ3n) is 2.29. The molecule has 0 spiro atoms. The van der Waals surface area contributed by atoms with Crippen LogP contribution >= 0.6 is 0 Å². The van der Waals surface area contributed by atoms with Gasteiger partial charge in [0.1, 0.15) is 0 Å². The van der Waals surface area contributed by atoms with Crippen LogP contribution in [-0.2, 0) is 9.84 Å². The van der Waals surface area contributed by atoms with E-state index in [9.17, 15) is 8.42 Å². The number of sulfone groups is 1. The molecule has 84 valence electrons. The molecule has 1 aromatic carbocycles. The Morgan fingerprint density at radius 3 is 2.20 bits per heavy atom. The Morgan fingerprint density at radius 1 is 1.33 bits per heavy atom. The maximum Gasteiger partial charge on any atom is 0.175 e. The highest BCUT2D eigenvalue weighted by Crippen LogP contribution is 2.15. The minimum absolute atomic E-state index is 0.0682. The largest absolute Gasteiger partial charge is 0.329 e. The van der Waals surface area contributed by atoms with Gasteiger partial charge in [-0.15, -0.1) is 0 Å². The van der Waals surface area contributed by atoms with Gasteiger partial charge in [0.25, 0.3) is 0 Å². The second kappa shape index (κ2) is 4.74. The van der Waals surface area contributed by atoms with Crippen LogP contribution in [-0.4, -0.2) is 28.3 Å². The lowest BCUT2D eigenvalue weighted by molar-refractivity contribution is 0.599. The van der Waals surface area contributed by atoms with Crippen LogP contribution in [0.1, 0.15) is 11.6 Å². The number of hydrogen-bond donors (Lipinski definition) is 2. The molecule has 5 heteroatoms. The normalized spacial score (nSPS) is 13.8. The number of nitrogens with one attached hydrogen (secondary N) is 1. The Labute approximate surface area is 90.4 Å². The van der Waals surface area contributed by atoms with Crippen molar-refractivity contribution in [3.8, 4) is 0 Å². The van der Waals surface area contributed by atoms with E-state index in [0.717, 1.165) is 5.56 Å². The molecule has 0 aliphatic carbocycles. The van der Waals surface area contributed by atoms with Gasteiger partial charge >= 0.3 is 0 Å². The second-order valence-electron chi connectivity index (χ2n) is 3.42. The molecule has 1 aromatic rings. The summed E-state index contributed by atoms with van der Waals surface area (Å²) in [6.45, 7) is 0.481. The van der Waals surface area contributed by atoms with E-state index in [1.165, 1.54) is 6.26 Å². The van der Waals surface area contributed by atoms with Gasteiger partial charge in [-0.3, -0.25) is 0 Å². The molecular weight excluding hydrogens is 212 g/mol. The highest BCUT2D eigenvalue weighted by molar-refractivity contribution is 7.90. The van der Waals surface area contributed by atoms with E-state index in [-0.39, 0.29) is 6.04 Å². The van der Waals surface area contributed by atoms with Crippen molar-refractivity contribution in [3.05, 3.63) is 29.8 Å². The van der Waals surface area contributed by atoms with Crippen molar-refractivity contribution in [1.29, 1.82) is 0 Å². The van der Waals surface area contributed by atoms with Gasteiger partial charge in [0.2, 0.25) is 0 Å². The molecule has 0 saturated carbocycles. The Kier molecular flexibility index (Phi) is 3.84. The van der Waals surface area contributed by atoms with Gasteiger partial charge < -0.3 is 11.1 Å². The van der Waals surface area contributed by atoms with E-state index >= 15 is 0 Å². The smallest absolute Gasteiger partial charge is 0.175 e. The fraction of sp³-hybridized carbons (Fsp3) is 0.400. The van der Waals surface area contributed by atoms with Crippen molar-refractivity contribution in [2.45, 2.75) is 10.9 Å². The van der Waals surface area contributed by atoms with E-state index < -0.39 is 9.84 Å². The van der Waals surface area contributed by atoms with Crippen LogP contribution in [0.2, 0.25) is 0 Å². The van der Waals surface area contributed by atoms with E-state index in [4.69, 9.17) is 5.73 Å². The van der Waals surface area contributed by atoms with Crippen molar-refractivity contribution in [2.24, 2.45) is 5.73 Å². The summed E-state index contributed by atoms with van der Waals surface area (Å²) < 4.78 is 22.4. The van der Waals surface area contributed by atoms with Crippen molar-refractivity contribution in [1.82, 2.24) is 5.32 Å². The van der Waals surface area contributed by atoms with E-state index in [1.54, 1.807) is 24.3 Å². The first kappa shape index (κ1) is 12.2. The first-order valence-corrected chi connectivity index (χ1v) is 6.55. The van der Waals surface area contributed by atoms with Crippen LogP contribution < -0.4 is 11.1 Å². The van der Waals surface area contributed by atoms with Gasteiger partial charge in [-0.25, -0.2) is 8.42 Å². The van der Waals surface area contributed by atoms with Gasteiger partial charge in [-0.05, 0) is 24.7 Å². The summed E-state index contributed by atoms with van der Waals surface area (Å²) in [6, 6.07) is 6.84. The summed E-state index contributed by atoms with van der Waals surface area (Å²) in [5, 5.41) is 3.05. The fourth-order valence-corrected chi connectivity index (χ4v) is 2.00. The monoisotopic (exact) mass is 228 g/mol. The van der Waals surface area contributed by atoms with Gasteiger partial charge in [-0.2, -0.15) is 0 Å². The third-order valence-corrected chi connectivity index (χ3v) is 3.42. The standard InChI is InChI=1S/C10H16N2O2S/c1-12-10(7-11)8-3-5-9(6-4-8)15(2,13)14/h3-6,10,12H,7,11H2,1-2H3. The Bertz CT molecular complexity index is 408. The Morgan fingerprint density at radius 2 is 1.87 bits per heavy atom. The zero-order valence-electron chi connectivity index (χ0n) is 8.90. The van der Waals surface area contributed by atoms with Crippen molar-refractivity contribution in [2.75, 3.05) is 19.8 Å². The van der Waals surface area contributed by atoms with Crippen molar-refractivity contribution < 1.29 is 8.42 Å². The molecule has 0 amide bonds. The first-order valence-electron chi connectivity index (χ1n) is 4.66. The predicted octanol–water partition coefficient (Wildman–Crippen LogP) is 0.309. The third kappa shape index (κ3) is 3.02. The molecule has 3 N–H and O–H groups in total.